The van der Waals surface area contributed by atoms with E-state index in [1.54, 1.807) is 18.9 Å². The van der Waals surface area contributed by atoms with Gasteiger partial charge in [0.25, 0.3) is 0 Å². The number of thioether (sulfide) groups is 1. The van der Waals surface area contributed by atoms with Crippen LogP contribution in [0.25, 0.3) is 0 Å². The minimum Gasteiger partial charge on any atom is -0.497 e. The van der Waals surface area contributed by atoms with Crippen molar-refractivity contribution in [2.24, 2.45) is 0 Å². The first-order valence-electron chi connectivity index (χ1n) is 6.92. The van der Waals surface area contributed by atoms with Crippen molar-refractivity contribution >= 4 is 17.7 Å². The average molecular weight is 295 g/mol. The van der Waals surface area contributed by atoms with E-state index in [1.807, 2.05) is 24.0 Å². The van der Waals surface area contributed by atoms with Crippen LogP contribution < -0.4 is 9.64 Å². The minimum atomic E-state index is 0.0410. The first-order chi connectivity index (χ1) is 9.52. The Morgan fingerprint density at radius 3 is 2.50 bits per heavy atom. The topological polar surface area (TPSA) is 34.0 Å². The van der Waals surface area contributed by atoms with Gasteiger partial charge in [-0.25, -0.2) is 0 Å². The number of ether oxygens (including phenoxy) is 1. The summed E-state index contributed by atoms with van der Waals surface area (Å²) in [5.41, 5.74) is 1.17. The summed E-state index contributed by atoms with van der Waals surface area (Å²) in [5, 5.41) is 0.169. The predicted molar refractivity (Wildman–Crippen MR) is 82.2 cm³/mol. The van der Waals surface area contributed by atoms with Crippen LogP contribution in [0.3, 0.4) is 0 Å². The van der Waals surface area contributed by atoms with Crippen LogP contribution in [0.2, 0.25) is 0 Å². The molecular weight excluding hydrogens is 272 g/mol. The van der Waals surface area contributed by atoms with Crippen LogP contribution in [0.15, 0.2) is 24.3 Å². The van der Waals surface area contributed by atoms with E-state index in [9.17, 15) is 4.79 Å². The van der Waals surface area contributed by atoms with Crippen LogP contribution in [0.5, 0.6) is 5.75 Å². The van der Waals surface area contributed by atoms with E-state index in [2.05, 4.69) is 26.2 Å². The molecular formula is C15H23N2O2S+. The Balaban J connectivity index is 2.16. The zero-order valence-corrected chi connectivity index (χ0v) is 13.4. The molecule has 0 unspecified atom stereocenters. The van der Waals surface area contributed by atoms with Crippen molar-refractivity contribution in [3.05, 3.63) is 29.8 Å². The molecule has 20 heavy (non-hydrogen) atoms. The molecule has 1 aliphatic rings. The summed E-state index contributed by atoms with van der Waals surface area (Å²) in [5.74, 6) is 1.09. The molecule has 0 radical (unpaired) electrons. The lowest BCUT2D eigenvalue weighted by Gasteiger charge is -2.24. The molecule has 2 atom stereocenters. The van der Waals surface area contributed by atoms with Gasteiger partial charge in [-0.15, -0.1) is 11.8 Å². The fourth-order valence-corrected chi connectivity index (χ4v) is 3.58. The van der Waals surface area contributed by atoms with E-state index in [-0.39, 0.29) is 16.5 Å². The largest absolute Gasteiger partial charge is 0.497 e. The molecule has 110 valence electrons. The molecule has 0 aromatic heterocycles. The second-order valence-corrected chi connectivity index (χ2v) is 6.82. The average Bonchev–Trinajstić information content (AvgIpc) is 2.72. The Labute approximate surface area is 125 Å². The molecule has 0 aliphatic carbocycles. The van der Waals surface area contributed by atoms with Gasteiger partial charge in [0.2, 0.25) is 5.91 Å². The molecule has 1 amide bonds. The second kappa shape index (κ2) is 6.50. The van der Waals surface area contributed by atoms with Crippen molar-refractivity contribution in [2.45, 2.75) is 17.5 Å². The van der Waals surface area contributed by atoms with Crippen LogP contribution in [0, 0.1) is 0 Å². The normalized spacial score (nSPS) is 22.6. The Bertz CT molecular complexity index is 461. The molecule has 1 fully saturated rings. The van der Waals surface area contributed by atoms with Gasteiger partial charge in [-0.1, -0.05) is 12.1 Å². The number of amides is 1. The predicted octanol–water partition coefficient (Wildman–Crippen LogP) is 0.802. The molecule has 1 aromatic carbocycles. The monoisotopic (exact) mass is 295 g/mol. The third kappa shape index (κ3) is 3.27. The fourth-order valence-electron chi connectivity index (χ4n) is 2.27. The zero-order chi connectivity index (χ0) is 14.7. The van der Waals surface area contributed by atoms with E-state index < -0.39 is 0 Å². The standard InChI is InChI=1S/C15H22N2O2S/c1-11-14(18)17(10-9-16(2)3)15(20-11)12-5-7-13(19-4)8-6-12/h5-8,11,15H,9-10H2,1-4H3/p+1/t11-,15-/m1/s1. The number of quaternary nitrogens is 1. The third-order valence-electron chi connectivity index (χ3n) is 3.50. The highest BCUT2D eigenvalue weighted by Crippen LogP contribution is 2.42. The van der Waals surface area contributed by atoms with E-state index in [0.29, 0.717) is 0 Å². The molecule has 0 spiro atoms. The summed E-state index contributed by atoms with van der Waals surface area (Å²) in [7, 11) is 5.89. The van der Waals surface area contributed by atoms with Crippen LogP contribution in [-0.2, 0) is 4.79 Å². The van der Waals surface area contributed by atoms with Crippen LogP contribution in [-0.4, -0.2) is 50.4 Å². The van der Waals surface area contributed by atoms with Crippen molar-refractivity contribution in [3.8, 4) is 5.75 Å². The second-order valence-electron chi connectivity index (χ2n) is 5.39. The maximum absolute atomic E-state index is 12.3. The summed E-state index contributed by atoms with van der Waals surface area (Å²) in [4.78, 5) is 15.7. The number of benzene rings is 1. The number of likely N-dealkylation sites (N-methyl/N-ethyl adjacent to an activating group) is 1. The molecule has 0 saturated carbocycles. The summed E-state index contributed by atoms with van der Waals surface area (Å²) >= 11 is 1.73. The number of hydrogen-bond acceptors (Lipinski definition) is 3. The van der Waals surface area contributed by atoms with Gasteiger partial charge in [-0.05, 0) is 24.6 Å². The van der Waals surface area contributed by atoms with Gasteiger partial charge >= 0.3 is 0 Å². The number of nitrogens with one attached hydrogen (secondary N) is 1. The Kier molecular flexibility index (Phi) is 4.94. The van der Waals surface area contributed by atoms with E-state index in [0.717, 1.165) is 18.8 Å². The van der Waals surface area contributed by atoms with Crippen molar-refractivity contribution in [2.75, 3.05) is 34.3 Å². The number of carbonyl (C=O) groups is 1. The lowest BCUT2D eigenvalue weighted by Crippen LogP contribution is -3.06. The highest BCUT2D eigenvalue weighted by molar-refractivity contribution is 8.01. The third-order valence-corrected chi connectivity index (χ3v) is 4.89. The van der Waals surface area contributed by atoms with Gasteiger partial charge in [-0.2, -0.15) is 0 Å². The highest BCUT2D eigenvalue weighted by Gasteiger charge is 2.38. The molecule has 1 aromatic rings. The van der Waals surface area contributed by atoms with Gasteiger partial charge < -0.3 is 14.5 Å². The lowest BCUT2D eigenvalue weighted by molar-refractivity contribution is -0.857. The molecule has 0 bridgehead atoms. The van der Waals surface area contributed by atoms with E-state index in [1.165, 1.54) is 10.5 Å². The minimum absolute atomic E-state index is 0.0410. The van der Waals surface area contributed by atoms with Gasteiger partial charge in [0.1, 0.15) is 11.1 Å². The quantitative estimate of drug-likeness (QED) is 0.872. The lowest BCUT2D eigenvalue weighted by atomic mass is 10.2. The summed E-state index contributed by atoms with van der Waals surface area (Å²) in [6.07, 6.45) is 0. The number of carbonyl (C=O) groups excluding carboxylic acids is 1. The highest BCUT2D eigenvalue weighted by atomic mass is 32.2. The molecule has 4 nitrogen and oxygen atoms in total. The van der Waals surface area contributed by atoms with Crippen molar-refractivity contribution in [3.63, 3.8) is 0 Å². The van der Waals surface area contributed by atoms with E-state index >= 15 is 0 Å². The first kappa shape index (κ1) is 15.2. The number of methoxy groups -OCH3 is 1. The number of nitrogens with zero attached hydrogens (tertiary/aromatic N) is 1. The zero-order valence-electron chi connectivity index (χ0n) is 12.6. The van der Waals surface area contributed by atoms with Crippen molar-refractivity contribution in [1.29, 1.82) is 0 Å². The van der Waals surface area contributed by atoms with Crippen LogP contribution in [0.4, 0.5) is 0 Å². The van der Waals surface area contributed by atoms with Crippen molar-refractivity contribution in [1.82, 2.24) is 4.90 Å². The Morgan fingerprint density at radius 2 is 1.95 bits per heavy atom. The molecule has 1 heterocycles. The summed E-state index contributed by atoms with van der Waals surface area (Å²) in [6, 6.07) is 8.02. The smallest absolute Gasteiger partial charge is 0.236 e. The maximum Gasteiger partial charge on any atom is 0.236 e. The summed E-state index contributed by atoms with van der Waals surface area (Å²) in [6.45, 7) is 3.76. The molecule has 1 saturated heterocycles. The number of hydrogen-bond donors (Lipinski definition) is 1. The van der Waals surface area contributed by atoms with Gasteiger partial charge in [0, 0.05) is 0 Å². The van der Waals surface area contributed by atoms with Gasteiger partial charge in [-0.3, -0.25) is 4.79 Å². The summed E-state index contributed by atoms with van der Waals surface area (Å²) < 4.78 is 5.19. The molecule has 5 heteroatoms. The molecule has 2 rings (SSSR count). The number of rotatable bonds is 5. The van der Waals surface area contributed by atoms with E-state index in [4.69, 9.17) is 4.74 Å². The Morgan fingerprint density at radius 1 is 1.30 bits per heavy atom. The van der Waals surface area contributed by atoms with Crippen LogP contribution in [0.1, 0.15) is 17.9 Å². The van der Waals surface area contributed by atoms with Crippen molar-refractivity contribution < 1.29 is 14.4 Å². The molecule has 1 N–H and O–H groups in total. The maximum atomic E-state index is 12.3. The molecule has 1 aliphatic heterocycles. The fraction of sp³-hybridized carbons (Fsp3) is 0.533. The SMILES string of the molecule is COc1ccc([C@H]2S[C@H](C)C(=O)N2CC[NH+](C)C)cc1. The first-order valence-corrected chi connectivity index (χ1v) is 7.86. The van der Waals surface area contributed by atoms with Gasteiger partial charge in [0.15, 0.2) is 0 Å². The Hall–Kier alpha value is -1.20. The van der Waals surface area contributed by atoms with Gasteiger partial charge in [0.05, 0.1) is 39.5 Å². The van der Waals surface area contributed by atoms with Crippen LogP contribution >= 0.6 is 11.8 Å².